The number of halogens is 1. The number of benzene rings is 1. The maximum Gasteiger partial charge on any atom is 0.241 e. The van der Waals surface area contributed by atoms with Crippen LogP contribution in [-0.4, -0.2) is 41.3 Å². The molecule has 0 saturated carbocycles. The summed E-state index contributed by atoms with van der Waals surface area (Å²) in [6.07, 6.45) is 2.48. The molecule has 0 unspecified atom stereocenters. The Kier molecular flexibility index (Phi) is 4.53. The van der Waals surface area contributed by atoms with Gasteiger partial charge in [0.2, 0.25) is 11.7 Å². The second-order valence-electron chi connectivity index (χ2n) is 5.23. The van der Waals surface area contributed by atoms with Crippen LogP contribution in [0.3, 0.4) is 0 Å². The molecule has 0 amide bonds. The van der Waals surface area contributed by atoms with Gasteiger partial charge in [0.1, 0.15) is 0 Å². The minimum atomic E-state index is 0.383. The van der Waals surface area contributed by atoms with E-state index in [2.05, 4.69) is 15.0 Å². The van der Waals surface area contributed by atoms with E-state index in [-0.39, 0.29) is 0 Å². The van der Waals surface area contributed by atoms with Crippen LogP contribution in [0.4, 0.5) is 0 Å². The predicted molar refractivity (Wildman–Crippen MR) is 80.1 cm³/mol. The average Bonchev–Trinajstić information content (AvgIpc) is 2.97. The van der Waals surface area contributed by atoms with Crippen molar-refractivity contribution in [3.05, 3.63) is 35.2 Å². The van der Waals surface area contributed by atoms with Crippen LogP contribution in [0.15, 0.2) is 28.8 Å². The van der Waals surface area contributed by atoms with Gasteiger partial charge < -0.3 is 9.26 Å². The first-order valence-electron chi connectivity index (χ1n) is 7.08. The summed E-state index contributed by atoms with van der Waals surface area (Å²) in [6.45, 7) is 2.69. The summed E-state index contributed by atoms with van der Waals surface area (Å²) < 4.78 is 10.7. The minimum Gasteiger partial charge on any atom is -0.381 e. The van der Waals surface area contributed by atoms with Crippen LogP contribution < -0.4 is 0 Å². The molecule has 1 aliphatic rings. The van der Waals surface area contributed by atoms with E-state index in [1.54, 1.807) is 7.11 Å². The molecule has 1 aromatic carbocycles. The van der Waals surface area contributed by atoms with Crippen molar-refractivity contribution in [1.82, 2.24) is 15.0 Å². The third-order valence-electron chi connectivity index (χ3n) is 3.80. The van der Waals surface area contributed by atoms with Crippen LogP contribution in [0, 0.1) is 0 Å². The Bertz CT molecular complexity index is 577. The first-order chi connectivity index (χ1) is 10.2. The second-order valence-corrected chi connectivity index (χ2v) is 5.67. The second kappa shape index (κ2) is 6.56. The fraction of sp³-hybridized carbons (Fsp3) is 0.467. The summed E-state index contributed by atoms with van der Waals surface area (Å²) in [5.41, 5.74) is 0.910. The molecule has 2 aromatic rings. The molecule has 1 aromatic heterocycles. The zero-order chi connectivity index (χ0) is 14.7. The standard InChI is InChI=1S/C15H18ClN3O2/c1-20-13-6-8-19(9-7-13)10-14-17-15(18-21-14)11-2-4-12(16)5-3-11/h2-5,13H,6-10H2,1H3. The summed E-state index contributed by atoms with van der Waals surface area (Å²) in [5, 5.41) is 4.73. The quantitative estimate of drug-likeness (QED) is 0.869. The van der Waals surface area contributed by atoms with Crippen molar-refractivity contribution in [3.8, 4) is 11.4 Å². The zero-order valence-corrected chi connectivity index (χ0v) is 12.7. The van der Waals surface area contributed by atoms with E-state index in [1.165, 1.54) is 0 Å². The highest BCUT2D eigenvalue weighted by molar-refractivity contribution is 6.30. The number of methoxy groups -OCH3 is 1. The van der Waals surface area contributed by atoms with Gasteiger partial charge in [0, 0.05) is 30.8 Å². The van der Waals surface area contributed by atoms with E-state index >= 15 is 0 Å². The Labute approximate surface area is 128 Å². The van der Waals surface area contributed by atoms with Crippen LogP contribution in [0.2, 0.25) is 5.02 Å². The van der Waals surface area contributed by atoms with E-state index in [9.17, 15) is 0 Å². The maximum absolute atomic E-state index is 5.88. The van der Waals surface area contributed by atoms with E-state index in [4.69, 9.17) is 20.9 Å². The Hall–Kier alpha value is -1.43. The molecular formula is C15H18ClN3O2. The number of hydrogen-bond acceptors (Lipinski definition) is 5. The van der Waals surface area contributed by atoms with Crippen molar-refractivity contribution in [2.24, 2.45) is 0 Å². The number of hydrogen-bond donors (Lipinski definition) is 0. The molecule has 1 saturated heterocycles. The maximum atomic E-state index is 5.88. The number of rotatable bonds is 4. The van der Waals surface area contributed by atoms with Crippen molar-refractivity contribution in [2.45, 2.75) is 25.5 Å². The van der Waals surface area contributed by atoms with Crippen molar-refractivity contribution >= 4 is 11.6 Å². The molecule has 0 bridgehead atoms. The summed E-state index contributed by atoms with van der Waals surface area (Å²) in [6, 6.07) is 7.42. The Morgan fingerprint density at radius 1 is 1.29 bits per heavy atom. The van der Waals surface area contributed by atoms with E-state index in [0.29, 0.717) is 29.4 Å². The van der Waals surface area contributed by atoms with Crippen molar-refractivity contribution in [1.29, 1.82) is 0 Å². The minimum absolute atomic E-state index is 0.383. The van der Waals surface area contributed by atoms with Gasteiger partial charge in [-0.25, -0.2) is 0 Å². The van der Waals surface area contributed by atoms with Crippen molar-refractivity contribution < 1.29 is 9.26 Å². The molecule has 1 aliphatic heterocycles. The number of nitrogens with zero attached hydrogens (tertiary/aromatic N) is 3. The zero-order valence-electron chi connectivity index (χ0n) is 12.0. The number of piperidine rings is 1. The first kappa shape index (κ1) is 14.5. The Morgan fingerprint density at radius 2 is 2.00 bits per heavy atom. The SMILES string of the molecule is COC1CCN(Cc2nc(-c3ccc(Cl)cc3)no2)CC1. The fourth-order valence-electron chi connectivity index (χ4n) is 2.53. The summed E-state index contributed by atoms with van der Waals surface area (Å²) >= 11 is 5.88. The predicted octanol–water partition coefficient (Wildman–Crippen LogP) is 3.00. The van der Waals surface area contributed by atoms with Gasteiger partial charge in [0.05, 0.1) is 12.6 Å². The van der Waals surface area contributed by atoms with Crippen LogP contribution >= 0.6 is 11.6 Å². The molecule has 0 spiro atoms. The van der Waals surface area contributed by atoms with Gasteiger partial charge in [-0.2, -0.15) is 4.98 Å². The summed E-state index contributed by atoms with van der Waals surface area (Å²) in [4.78, 5) is 6.76. The number of ether oxygens (including phenoxy) is 1. The third kappa shape index (κ3) is 3.61. The largest absolute Gasteiger partial charge is 0.381 e. The van der Waals surface area contributed by atoms with Crippen LogP contribution in [-0.2, 0) is 11.3 Å². The molecule has 1 fully saturated rings. The lowest BCUT2D eigenvalue weighted by Gasteiger charge is -2.29. The van der Waals surface area contributed by atoms with Crippen molar-refractivity contribution in [2.75, 3.05) is 20.2 Å². The Morgan fingerprint density at radius 3 is 2.67 bits per heavy atom. The van der Waals surface area contributed by atoms with E-state index in [0.717, 1.165) is 31.5 Å². The fourth-order valence-corrected chi connectivity index (χ4v) is 2.66. The molecule has 21 heavy (non-hydrogen) atoms. The average molecular weight is 308 g/mol. The molecule has 0 radical (unpaired) electrons. The van der Waals surface area contributed by atoms with Crippen LogP contribution in [0.1, 0.15) is 18.7 Å². The molecule has 5 nitrogen and oxygen atoms in total. The van der Waals surface area contributed by atoms with Gasteiger partial charge in [-0.3, -0.25) is 4.90 Å². The van der Waals surface area contributed by atoms with Crippen molar-refractivity contribution in [3.63, 3.8) is 0 Å². The van der Waals surface area contributed by atoms with Gasteiger partial charge in [-0.05, 0) is 37.1 Å². The monoisotopic (exact) mass is 307 g/mol. The highest BCUT2D eigenvalue weighted by Gasteiger charge is 2.20. The molecule has 0 atom stereocenters. The number of aromatic nitrogens is 2. The molecule has 0 N–H and O–H groups in total. The molecule has 0 aliphatic carbocycles. The van der Waals surface area contributed by atoms with Gasteiger partial charge in [-0.1, -0.05) is 16.8 Å². The van der Waals surface area contributed by atoms with Gasteiger partial charge >= 0.3 is 0 Å². The Balaban J connectivity index is 1.62. The highest BCUT2D eigenvalue weighted by atomic mass is 35.5. The first-order valence-corrected chi connectivity index (χ1v) is 7.46. The van der Waals surface area contributed by atoms with Crippen LogP contribution in [0.25, 0.3) is 11.4 Å². The molecule has 112 valence electrons. The van der Waals surface area contributed by atoms with Gasteiger partial charge in [0.25, 0.3) is 0 Å². The lowest BCUT2D eigenvalue weighted by molar-refractivity contribution is 0.0359. The lowest BCUT2D eigenvalue weighted by atomic mass is 10.1. The molecular weight excluding hydrogens is 290 g/mol. The van der Waals surface area contributed by atoms with Gasteiger partial charge in [0.15, 0.2) is 0 Å². The smallest absolute Gasteiger partial charge is 0.241 e. The van der Waals surface area contributed by atoms with E-state index < -0.39 is 0 Å². The molecule has 2 heterocycles. The topological polar surface area (TPSA) is 51.4 Å². The highest BCUT2D eigenvalue weighted by Crippen LogP contribution is 2.20. The number of likely N-dealkylation sites (tertiary alicyclic amines) is 1. The van der Waals surface area contributed by atoms with Gasteiger partial charge in [-0.15, -0.1) is 0 Å². The lowest BCUT2D eigenvalue weighted by Crippen LogP contribution is -2.36. The van der Waals surface area contributed by atoms with Crippen LogP contribution in [0.5, 0.6) is 0 Å². The molecule has 6 heteroatoms. The third-order valence-corrected chi connectivity index (χ3v) is 4.05. The summed E-state index contributed by atoms with van der Waals surface area (Å²) in [7, 11) is 1.77. The molecule has 3 rings (SSSR count). The van der Waals surface area contributed by atoms with E-state index in [1.807, 2.05) is 24.3 Å². The normalized spacial score (nSPS) is 17.2. The summed E-state index contributed by atoms with van der Waals surface area (Å²) in [5.74, 6) is 1.25.